The molecule has 4 heteroatoms. The van der Waals surface area contributed by atoms with Crippen molar-refractivity contribution in [2.24, 2.45) is 11.8 Å². The molecule has 1 fully saturated rings. The minimum Gasteiger partial charge on any atom is -0.332 e. The van der Waals surface area contributed by atoms with Gasteiger partial charge in [0.2, 0.25) is 0 Å². The number of hydrogen-bond donors (Lipinski definition) is 1. The van der Waals surface area contributed by atoms with Crippen molar-refractivity contribution in [1.29, 1.82) is 0 Å². The molecule has 0 bridgehead atoms. The molecule has 2 heterocycles. The Morgan fingerprint density at radius 1 is 1.04 bits per heavy atom. The molecule has 1 N–H and O–H groups in total. The van der Waals surface area contributed by atoms with E-state index < -0.39 is 8.24 Å². The maximum atomic E-state index is 4.09. The van der Waals surface area contributed by atoms with Crippen LogP contribution in [0.2, 0.25) is 18.6 Å². The largest absolute Gasteiger partial charge is 0.332 e. The van der Waals surface area contributed by atoms with Gasteiger partial charge in [0.15, 0.2) is 0 Å². The second-order valence-corrected chi connectivity index (χ2v) is 16.4. The van der Waals surface area contributed by atoms with E-state index >= 15 is 0 Å². The maximum absolute atomic E-state index is 4.09. The van der Waals surface area contributed by atoms with Gasteiger partial charge < -0.3 is 4.98 Å². The lowest BCUT2D eigenvalue weighted by Gasteiger charge is -2.41. The lowest BCUT2D eigenvalue weighted by molar-refractivity contribution is 0.416. The van der Waals surface area contributed by atoms with Crippen LogP contribution in [0, 0.1) is 11.8 Å². The first-order chi connectivity index (χ1) is 11.6. The van der Waals surface area contributed by atoms with Crippen molar-refractivity contribution in [3.63, 3.8) is 0 Å². The van der Waals surface area contributed by atoms with Gasteiger partial charge in [-0.25, -0.2) is 0 Å². The van der Waals surface area contributed by atoms with Crippen molar-refractivity contribution in [3.05, 3.63) is 29.1 Å². The monoisotopic (exact) mass is 389 g/mol. The van der Waals surface area contributed by atoms with Gasteiger partial charge in [0, 0.05) is 36.6 Å². The number of benzene rings is 1. The summed E-state index contributed by atoms with van der Waals surface area (Å²) in [6.07, 6.45) is 0. The van der Waals surface area contributed by atoms with Crippen LogP contribution in [-0.4, -0.2) is 19.0 Å². The van der Waals surface area contributed by atoms with Crippen LogP contribution in [0.4, 0.5) is 0 Å². The quantitative estimate of drug-likeness (QED) is 0.573. The van der Waals surface area contributed by atoms with Crippen molar-refractivity contribution in [3.8, 4) is 0 Å². The highest BCUT2D eigenvalue weighted by molar-refractivity contribution is 8.00. The van der Waals surface area contributed by atoms with Crippen molar-refractivity contribution < 1.29 is 0 Å². The van der Waals surface area contributed by atoms with Gasteiger partial charge in [-0.3, -0.25) is 0 Å². The number of thioether (sulfide) groups is 1. The molecule has 1 aliphatic heterocycles. The Kier molecular flexibility index (Phi) is 4.23. The van der Waals surface area contributed by atoms with Gasteiger partial charge in [0.1, 0.15) is 8.24 Å². The van der Waals surface area contributed by atoms with Crippen LogP contribution < -0.4 is 4.98 Å². The number of thiophene rings is 1. The topological polar surface area (TPSA) is 12.0 Å². The number of fused-ring (bicyclic) bond motifs is 5. The average molecular weight is 390 g/mol. The maximum Gasteiger partial charge on any atom is 0.124 e. The van der Waals surface area contributed by atoms with Crippen LogP contribution in [0.1, 0.15) is 45.4 Å². The molecular weight excluding hydrogens is 358 g/mol. The van der Waals surface area contributed by atoms with Gasteiger partial charge in [-0.05, 0) is 44.2 Å². The molecule has 2 aromatic rings. The van der Waals surface area contributed by atoms with Gasteiger partial charge in [0.25, 0.3) is 0 Å². The second-order valence-electron chi connectivity index (χ2n) is 9.74. The van der Waals surface area contributed by atoms with Crippen molar-refractivity contribution in [2.45, 2.75) is 74.9 Å². The van der Waals surface area contributed by atoms with Crippen molar-refractivity contribution in [2.75, 3.05) is 0 Å². The molecular formula is C21H31NS2Si. The molecule has 5 unspecified atom stereocenters. The molecule has 25 heavy (non-hydrogen) atoms. The summed E-state index contributed by atoms with van der Waals surface area (Å²) in [6, 6.07) is 9.02. The Bertz CT molecular complexity index is 804. The number of rotatable bonds is 2. The zero-order valence-corrected chi connectivity index (χ0v) is 19.1. The summed E-state index contributed by atoms with van der Waals surface area (Å²) in [5, 5.41) is 2.27. The standard InChI is InChI=1S/C21H31NS2Si/c1-12-13(2)20(25(6,7)22-21(3,4)5)19-16(12)18-17(24-19)14-10-8-9-11-15(14)23-18/h8-13,16,19-20,22H,1-7H3. The van der Waals surface area contributed by atoms with E-state index in [1.54, 1.807) is 9.77 Å². The minimum absolute atomic E-state index is 0.206. The molecule has 1 nitrogen and oxygen atoms in total. The lowest BCUT2D eigenvalue weighted by atomic mass is 9.91. The molecule has 0 radical (unpaired) electrons. The summed E-state index contributed by atoms with van der Waals surface area (Å²) in [4.78, 5) is 7.39. The van der Waals surface area contributed by atoms with Gasteiger partial charge in [-0.15, -0.1) is 23.1 Å². The highest BCUT2D eigenvalue weighted by atomic mass is 32.2. The summed E-state index contributed by atoms with van der Waals surface area (Å²) in [7, 11) is -1.54. The molecule has 136 valence electrons. The van der Waals surface area contributed by atoms with Crippen LogP contribution in [0.3, 0.4) is 0 Å². The van der Waals surface area contributed by atoms with E-state index in [2.05, 4.69) is 100 Å². The van der Waals surface area contributed by atoms with Crippen LogP contribution in [0.15, 0.2) is 29.2 Å². The molecule has 1 aromatic heterocycles. The highest BCUT2D eigenvalue weighted by Gasteiger charge is 2.57. The van der Waals surface area contributed by atoms with Crippen molar-refractivity contribution in [1.82, 2.24) is 4.98 Å². The fraction of sp³-hybridized carbons (Fsp3) is 0.619. The van der Waals surface area contributed by atoms with E-state index in [0.717, 1.165) is 28.5 Å². The smallest absolute Gasteiger partial charge is 0.124 e. The molecule has 1 aromatic carbocycles. The molecule has 4 rings (SSSR count). The third-order valence-electron chi connectivity index (χ3n) is 6.33. The molecule has 1 saturated carbocycles. The minimum atomic E-state index is -1.54. The normalized spacial score (nSPS) is 32.2. The molecule has 1 aliphatic carbocycles. The predicted octanol–water partition coefficient (Wildman–Crippen LogP) is 6.71. The van der Waals surface area contributed by atoms with Crippen LogP contribution in [0.5, 0.6) is 0 Å². The van der Waals surface area contributed by atoms with Crippen LogP contribution >= 0.6 is 23.1 Å². The third kappa shape index (κ3) is 2.84. The molecule has 0 spiro atoms. The number of hydrogen-bond acceptors (Lipinski definition) is 3. The Hall–Kier alpha value is -0.293. The van der Waals surface area contributed by atoms with Crippen LogP contribution in [-0.2, 0) is 0 Å². The van der Waals surface area contributed by atoms with Crippen molar-refractivity contribution >= 4 is 41.4 Å². The van der Waals surface area contributed by atoms with Gasteiger partial charge in [0.05, 0.1) is 0 Å². The fourth-order valence-electron chi connectivity index (χ4n) is 5.65. The lowest BCUT2D eigenvalue weighted by Crippen LogP contribution is -2.59. The Morgan fingerprint density at radius 3 is 2.40 bits per heavy atom. The van der Waals surface area contributed by atoms with Gasteiger partial charge >= 0.3 is 0 Å². The highest BCUT2D eigenvalue weighted by Crippen LogP contribution is 2.67. The van der Waals surface area contributed by atoms with Crippen LogP contribution in [0.25, 0.3) is 10.1 Å². The molecule has 0 saturated heterocycles. The first kappa shape index (κ1) is 18.1. The zero-order chi connectivity index (χ0) is 18.1. The van der Waals surface area contributed by atoms with E-state index in [1.807, 2.05) is 0 Å². The zero-order valence-electron chi connectivity index (χ0n) is 16.5. The predicted molar refractivity (Wildman–Crippen MR) is 117 cm³/mol. The Morgan fingerprint density at radius 2 is 1.72 bits per heavy atom. The first-order valence-electron chi connectivity index (χ1n) is 9.57. The SMILES string of the molecule is CC1C(C)C([Si](C)(C)NC(C)(C)C)C2Sc3c(sc4ccccc34)C12. The van der Waals surface area contributed by atoms with Gasteiger partial charge in [-0.2, -0.15) is 0 Å². The van der Waals surface area contributed by atoms with E-state index in [1.165, 1.54) is 10.1 Å². The summed E-state index contributed by atoms with van der Waals surface area (Å²) in [5.74, 6) is 2.34. The number of nitrogens with one attached hydrogen (secondary N) is 1. The Labute approximate surface area is 162 Å². The molecule has 0 amide bonds. The molecule has 2 aliphatic rings. The summed E-state index contributed by atoms with van der Waals surface area (Å²) in [6.45, 7) is 17.2. The fourth-order valence-corrected chi connectivity index (χ4v) is 15.2. The van der Waals surface area contributed by atoms with E-state index in [4.69, 9.17) is 0 Å². The molecule has 5 atom stereocenters. The van der Waals surface area contributed by atoms with E-state index in [9.17, 15) is 0 Å². The first-order valence-corrected chi connectivity index (χ1v) is 14.3. The average Bonchev–Trinajstić information content (AvgIpc) is 3.06. The summed E-state index contributed by atoms with van der Waals surface area (Å²) >= 11 is 4.29. The van der Waals surface area contributed by atoms with E-state index in [-0.39, 0.29) is 5.54 Å². The third-order valence-corrected chi connectivity index (χ3v) is 13.5. The second kappa shape index (κ2) is 5.85. The summed E-state index contributed by atoms with van der Waals surface area (Å²) in [5.41, 5.74) is 1.03. The van der Waals surface area contributed by atoms with Gasteiger partial charge in [-0.1, -0.05) is 45.1 Å². The van der Waals surface area contributed by atoms with E-state index in [0.29, 0.717) is 0 Å². The Balaban J connectivity index is 1.74. The summed E-state index contributed by atoms with van der Waals surface area (Å²) < 4.78 is 1.48.